The summed E-state index contributed by atoms with van der Waals surface area (Å²) in [4.78, 5) is 28.0. The van der Waals surface area contributed by atoms with Crippen LogP contribution in [0.2, 0.25) is 0 Å². The fourth-order valence-corrected chi connectivity index (χ4v) is 3.26. The molecule has 3 rings (SSSR count). The molecule has 1 aliphatic heterocycles. The smallest absolute Gasteiger partial charge is 0.329 e. The van der Waals surface area contributed by atoms with Gasteiger partial charge in [0.25, 0.3) is 0 Å². The van der Waals surface area contributed by atoms with Crippen molar-refractivity contribution in [2.75, 3.05) is 38.2 Å². The number of rotatable bonds is 3. The molecule has 1 aromatic rings. The summed E-state index contributed by atoms with van der Waals surface area (Å²) in [5.41, 5.74) is 4.39. The van der Waals surface area contributed by atoms with Crippen LogP contribution in [0.3, 0.4) is 0 Å². The first-order valence-corrected chi connectivity index (χ1v) is 8.71. The Morgan fingerprint density at radius 3 is 2.44 bits per heavy atom. The molecule has 0 unspecified atom stereocenters. The lowest BCUT2D eigenvalue weighted by Crippen LogP contribution is -2.52. The second-order valence-corrected chi connectivity index (χ2v) is 6.28. The Morgan fingerprint density at radius 1 is 1.08 bits per heavy atom. The first kappa shape index (κ1) is 17.3. The Balaban J connectivity index is 1.53. The number of anilines is 1. The maximum absolute atomic E-state index is 12.3. The maximum Gasteiger partial charge on any atom is 0.329 e. The molecule has 0 bridgehead atoms. The third kappa shape index (κ3) is 4.10. The van der Waals surface area contributed by atoms with Gasteiger partial charge in [-0.25, -0.2) is 5.43 Å². The summed E-state index contributed by atoms with van der Waals surface area (Å²) >= 11 is 0. The lowest BCUT2D eigenvalue weighted by Gasteiger charge is -2.36. The lowest BCUT2D eigenvalue weighted by molar-refractivity contribution is -0.146. The monoisotopic (exact) mass is 344 g/mol. The highest BCUT2D eigenvalue weighted by Gasteiger charge is 2.27. The number of carbonyl (C=O) groups is 2. The number of carbonyl (C=O) groups excluding carboxylic acids is 2. The van der Waals surface area contributed by atoms with Crippen molar-refractivity contribution in [2.45, 2.75) is 25.7 Å². The number of methoxy groups -OCH3 is 1. The summed E-state index contributed by atoms with van der Waals surface area (Å²) in [6.07, 6.45) is 4.03. The van der Waals surface area contributed by atoms with Gasteiger partial charge in [0.2, 0.25) is 0 Å². The average Bonchev–Trinajstić information content (AvgIpc) is 3.19. The van der Waals surface area contributed by atoms with Crippen LogP contribution in [0.25, 0.3) is 0 Å². The maximum atomic E-state index is 12.3. The predicted octanol–water partition coefficient (Wildman–Crippen LogP) is 1.39. The number of amides is 2. The van der Waals surface area contributed by atoms with Gasteiger partial charge in [-0.05, 0) is 37.8 Å². The lowest BCUT2D eigenvalue weighted by atomic mass is 10.2. The summed E-state index contributed by atoms with van der Waals surface area (Å²) in [5.74, 6) is -0.348. The highest BCUT2D eigenvalue weighted by Crippen LogP contribution is 2.28. The molecule has 0 atom stereocenters. The molecule has 1 aromatic carbocycles. The van der Waals surface area contributed by atoms with Crippen molar-refractivity contribution < 1.29 is 14.3 Å². The predicted molar refractivity (Wildman–Crippen MR) is 95.8 cm³/mol. The van der Waals surface area contributed by atoms with E-state index in [0.29, 0.717) is 26.2 Å². The zero-order chi connectivity index (χ0) is 17.6. The molecule has 1 N–H and O–H groups in total. The number of hydrazone groups is 1. The minimum absolute atomic E-state index is 0.501. The van der Waals surface area contributed by atoms with Gasteiger partial charge < -0.3 is 14.5 Å². The van der Waals surface area contributed by atoms with Crippen molar-refractivity contribution in [1.82, 2.24) is 10.3 Å². The van der Waals surface area contributed by atoms with E-state index in [1.54, 1.807) is 12.0 Å². The second-order valence-electron chi connectivity index (χ2n) is 6.28. The van der Waals surface area contributed by atoms with Gasteiger partial charge in [-0.3, -0.25) is 9.59 Å². The van der Waals surface area contributed by atoms with Gasteiger partial charge in [0, 0.05) is 31.9 Å². The molecule has 0 aromatic heterocycles. The molecule has 2 amide bonds. The van der Waals surface area contributed by atoms with E-state index in [1.165, 1.54) is 0 Å². The van der Waals surface area contributed by atoms with Crippen LogP contribution in [-0.4, -0.2) is 55.7 Å². The van der Waals surface area contributed by atoms with E-state index in [1.807, 2.05) is 24.3 Å². The van der Waals surface area contributed by atoms with E-state index in [-0.39, 0.29) is 0 Å². The van der Waals surface area contributed by atoms with Crippen molar-refractivity contribution in [2.24, 2.45) is 5.10 Å². The van der Waals surface area contributed by atoms with Gasteiger partial charge in [-0.1, -0.05) is 12.1 Å². The van der Waals surface area contributed by atoms with Crippen molar-refractivity contribution in [3.63, 3.8) is 0 Å². The molecular formula is C18H24N4O3. The molecule has 2 fully saturated rings. The van der Waals surface area contributed by atoms with Crippen LogP contribution in [0.4, 0.5) is 5.69 Å². The van der Waals surface area contributed by atoms with Crippen molar-refractivity contribution in [3.05, 3.63) is 24.3 Å². The SMILES string of the molecule is COc1ccccc1N1CCN(C(=O)C(=O)NN=C2CCCC2)CC1. The number of piperazine rings is 1. The number of nitrogens with one attached hydrogen (secondary N) is 1. The fourth-order valence-electron chi connectivity index (χ4n) is 3.26. The molecule has 25 heavy (non-hydrogen) atoms. The molecule has 7 heteroatoms. The Hall–Kier alpha value is -2.57. The summed E-state index contributed by atoms with van der Waals surface area (Å²) < 4.78 is 5.39. The number of hydrogen-bond acceptors (Lipinski definition) is 5. The first-order valence-electron chi connectivity index (χ1n) is 8.71. The molecule has 1 saturated carbocycles. The molecule has 0 radical (unpaired) electrons. The van der Waals surface area contributed by atoms with Crippen molar-refractivity contribution in [3.8, 4) is 5.75 Å². The largest absolute Gasteiger partial charge is 0.495 e. The van der Waals surface area contributed by atoms with Gasteiger partial charge >= 0.3 is 11.8 Å². The van der Waals surface area contributed by atoms with Crippen LogP contribution < -0.4 is 15.1 Å². The minimum Gasteiger partial charge on any atom is -0.495 e. The zero-order valence-electron chi connectivity index (χ0n) is 14.5. The standard InChI is InChI=1S/C18H24N4O3/c1-25-16-9-5-4-8-15(16)21-10-12-22(13-11-21)18(24)17(23)20-19-14-6-2-3-7-14/h4-5,8-9H,2-3,6-7,10-13H2,1H3,(H,20,23). The molecule has 0 spiro atoms. The Morgan fingerprint density at radius 2 is 1.76 bits per heavy atom. The fraction of sp³-hybridized carbons (Fsp3) is 0.500. The normalized spacial score (nSPS) is 17.4. The van der Waals surface area contributed by atoms with E-state index in [2.05, 4.69) is 15.4 Å². The summed E-state index contributed by atoms with van der Waals surface area (Å²) in [5, 5.41) is 4.07. The highest BCUT2D eigenvalue weighted by molar-refractivity contribution is 6.35. The number of hydrogen-bond donors (Lipinski definition) is 1. The zero-order valence-corrected chi connectivity index (χ0v) is 14.5. The first-order chi connectivity index (χ1) is 12.2. The number of para-hydroxylation sites is 2. The molecule has 134 valence electrons. The summed E-state index contributed by atoms with van der Waals surface area (Å²) in [6.45, 7) is 2.32. The van der Waals surface area contributed by atoms with Gasteiger partial charge in [-0.15, -0.1) is 0 Å². The Bertz CT molecular complexity index is 658. The van der Waals surface area contributed by atoms with Crippen LogP contribution in [0.1, 0.15) is 25.7 Å². The van der Waals surface area contributed by atoms with Gasteiger partial charge in [0.15, 0.2) is 0 Å². The minimum atomic E-state index is -0.648. The molecule has 1 saturated heterocycles. The summed E-state index contributed by atoms with van der Waals surface area (Å²) in [7, 11) is 1.65. The van der Waals surface area contributed by atoms with Gasteiger partial charge in [0.1, 0.15) is 5.75 Å². The van der Waals surface area contributed by atoms with Crippen LogP contribution >= 0.6 is 0 Å². The van der Waals surface area contributed by atoms with Gasteiger partial charge in [-0.2, -0.15) is 5.10 Å². The van der Waals surface area contributed by atoms with E-state index >= 15 is 0 Å². The van der Waals surface area contributed by atoms with E-state index in [4.69, 9.17) is 4.74 Å². The molecule has 7 nitrogen and oxygen atoms in total. The quantitative estimate of drug-likeness (QED) is 0.664. The number of ether oxygens (including phenoxy) is 1. The van der Waals surface area contributed by atoms with Crippen LogP contribution in [0.5, 0.6) is 5.75 Å². The number of benzene rings is 1. The van der Waals surface area contributed by atoms with E-state index < -0.39 is 11.8 Å². The number of nitrogens with zero attached hydrogens (tertiary/aromatic N) is 3. The van der Waals surface area contributed by atoms with Crippen LogP contribution in [-0.2, 0) is 9.59 Å². The second kappa shape index (κ2) is 8.00. The molecular weight excluding hydrogens is 320 g/mol. The average molecular weight is 344 g/mol. The summed E-state index contributed by atoms with van der Waals surface area (Å²) in [6, 6.07) is 7.81. The third-order valence-electron chi connectivity index (χ3n) is 4.68. The van der Waals surface area contributed by atoms with Crippen LogP contribution in [0.15, 0.2) is 29.4 Å². The third-order valence-corrected chi connectivity index (χ3v) is 4.68. The molecule has 2 aliphatic rings. The topological polar surface area (TPSA) is 74.2 Å². The molecule has 1 heterocycles. The van der Waals surface area contributed by atoms with Crippen molar-refractivity contribution in [1.29, 1.82) is 0 Å². The molecule has 1 aliphatic carbocycles. The van der Waals surface area contributed by atoms with Crippen molar-refractivity contribution >= 4 is 23.2 Å². The van der Waals surface area contributed by atoms with E-state index in [9.17, 15) is 9.59 Å². The van der Waals surface area contributed by atoms with Gasteiger partial charge in [0.05, 0.1) is 12.8 Å². The van der Waals surface area contributed by atoms with Crippen LogP contribution in [0, 0.1) is 0 Å². The Labute approximate surface area is 147 Å². The van der Waals surface area contributed by atoms with E-state index in [0.717, 1.165) is 42.8 Å². The Kier molecular flexibility index (Phi) is 5.53. The highest BCUT2D eigenvalue weighted by atomic mass is 16.5.